The summed E-state index contributed by atoms with van der Waals surface area (Å²) in [5, 5.41) is 10.2. The molecule has 0 spiro atoms. The quantitative estimate of drug-likeness (QED) is 0.833. The van der Waals surface area contributed by atoms with Gasteiger partial charge in [-0.05, 0) is 43.2 Å². The minimum atomic E-state index is -0.629. The first-order valence-corrected chi connectivity index (χ1v) is 5.19. The molecule has 2 aromatic rings. The first-order valence-electron chi connectivity index (χ1n) is 5.19. The average Bonchev–Trinajstić information content (AvgIpc) is 2.29. The van der Waals surface area contributed by atoms with E-state index in [2.05, 4.69) is 9.97 Å². The highest BCUT2D eigenvalue weighted by molar-refractivity contribution is 5.32. The zero-order valence-electron chi connectivity index (χ0n) is 9.38. The van der Waals surface area contributed by atoms with Crippen LogP contribution in [0.4, 0.5) is 0 Å². The van der Waals surface area contributed by atoms with E-state index in [0.717, 1.165) is 22.4 Å². The van der Waals surface area contributed by atoms with Crippen LogP contribution in [0.15, 0.2) is 36.8 Å². The Morgan fingerprint density at radius 3 is 2.69 bits per heavy atom. The fraction of sp³-hybridized carbons (Fsp3) is 0.231. The van der Waals surface area contributed by atoms with Crippen LogP contribution in [0.1, 0.15) is 28.5 Å². The summed E-state index contributed by atoms with van der Waals surface area (Å²) in [6.45, 7) is 3.88. The van der Waals surface area contributed by atoms with E-state index in [0.29, 0.717) is 0 Å². The predicted octanol–water partition coefficient (Wildman–Crippen LogP) is 2.18. The van der Waals surface area contributed by atoms with Gasteiger partial charge in [-0.25, -0.2) is 0 Å². The highest BCUT2D eigenvalue weighted by Crippen LogP contribution is 2.23. The van der Waals surface area contributed by atoms with Crippen molar-refractivity contribution >= 4 is 0 Å². The van der Waals surface area contributed by atoms with Gasteiger partial charge in [-0.1, -0.05) is 0 Å². The summed E-state index contributed by atoms with van der Waals surface area (Å²) in [6.07, 6.45) is 4.51. The molecule has 2 heterocycles. The molecule has 0 aliphatic heterocycles. The number of aryl methyl sites for hydroxylation is 2. The number of hydrogen-bond acceptors (Lipinski definition) is 3. The van der Waals surface area contributed by atoms with Gasteiger partial charge in [0, 0.05) is 29.8 Å². The Morgan fingerprint density at radius 1 is 1.19 bits per heavy atom. The zero-order valence-corrected chi connectivity index (χ0v) is 9.38. The van der Waals surface area contributed by atoms with Gasteiger partial charge in [-0.3, -0.25) is 9.97 Å². The Kier molecular flexibility index (Phi) is 2.97. The maximum atomic E-state index is 10.2. The lowest BCUT2D eigenvalue weighted by Crippen LogP contribution is -2.03. The second kappa shape index (κ2) is 4.41. The van der Waals surface area contributed by atoms with Gasteiger partial charge in [0.25, 0.3) is 0 Å². The van der Waals surface area contributed by atoms with Crippen LogP contribution in [0.5, 0.6) is 0 Å². The minimum Gasteiger partial charge on any atom is -0.384 e. The second-order valence-corrected chi connectivity index (χ2v) is 3.87. The van der Waals surface area contributed by atoms with E-state index in [1.165, 1.54) is 0 Å². The minimum absolute atomic E-state index is 0.629. The Morgan fingerprint density at radius 2 is 2.00 bits per heavy atom. The second-order valence-electron chi connectivity index (χ2n) is 3.87. The summed E-state index contributed by atoms with van der Waals surface area (Å²) in [4.78, 5) is 8.15. The predicted molar refractivity (Wildman–Crippen MR) is 62.0 cm³/mol. The van der Waals surface area contributed by atoms with Crippen LogP contribution < -0.4 is 0 Å². The van der Waals surface area contributed by atoms with Crippen molar-refractivity contribution in [2.24, 2.45) is 0 Å². The van der Waals surface area contributed by atoms with Crippen LogP contribution >= 0.6 is 0 Å². The summed E-state index contributed by atoms with van der Waals surface area (Å²) < 4.78 is 0. The smallest absolute Gasteiger partial charge is 0.106 e. The lowest BCUT2D eigenvalue weighted by atomic mass is 10.00. The highest BCUT2D eigenvalue weighted by atomic mass is 16.3. The molecule has 0 aliphatic rings. The third-order valence-corrected chi connectivity index (χ3v) is 2.61. The maximum Gasteiger partial charge on any atom is 0.106 e. The summed E-state index contributed by atoms with van der Waals surface area (Å²) in [5.41, 5.74) is 3.63. The summed E-state index contributed by atoms with van der Waals surface area (Å²) in [7, 11) is 0. The molecule has 0 amide bonds. The fourth-order valence-corrected chi connectivity index (χ4v) is 1.68. The average molecular weight is 214 g/mol. The zero-order chi connectivity index (χ0) is 11.5. The van der Waals surface area contributed by atoms with Crippen molar-refractivity contribution in [2.75, 3.05) is 0 Å². The molecule has 0 saturated carbocycles. The Balaban J connectivity index is 2.39. The molecule has 0 aromatic carbocycles. The van der Waals surface area contributed by atoms with Gasteiger partial charge in [0.15, 0.2) is 0 Å². The van der Waals surface area contributed by atoms with Crippen LogP contribution in [0.25, 0.3) is 0 Å². The van der Waals surface area contributed by atoms with Crippen LogP contribution in [0.3, 0.4) is 0 Å². The maximum absolute atomic E-state index is 10.2. The lowest BCUT2D eigenvalue weighted by molar-refractivity contribution is 0.219. The summed E-state index contributed by atoms with van der Waals surface area (Å²) >= 11 is 0. The molecule has 16 heavy (non-hydrogen) atoms. The van der Waals surface area contributed by atoms with Gasteiger partial charge in [-0.15, -0.1) is 0 Å². The largest absolute Gasteiger partial charge is 0.384 e. The van der Waals surface area contributed by atoms with E-state index in [1.54, 1.807) is 18.6 Å². The van der Waals surface area contributed by atoms with Crippen molar-refractivity contribution in [2.45, 2.75) is 20.0 Å². The van der Waals surface area contributed by atoms with Crippen molar-refractivity contribution in [3.8, 4) is 0 Å². The molecular weight excluding hydrogens is 200 g/mol. The van der Waals surface area contributed by atoms with Gasteiger partial charge in [0.05, 0.1) is 0 Å². The number of aliphatic hydroxyl groups is 1. The number of aromatic nitrogens is 2. The Hall–Kier alpha value is -1.74. The van der Waals surface area contributed by atoms with E-state index >= 15 is 0 Å². The Labute approximate surface area is 94.8 Å². The SMILES string of the molecule is Cc1cc(C(O)c2cnccc2C)ccn1. The van der Waals surface area contributed by atoms with Crippen LogP contribution in [0, 0.1) is 13.8 Å². The molecule has 1 unspecified atom stereocenters. The van der Waals surface area contributed by atoms with E-state index in [-0.39, 0.29) is 0 Å². The Bertz CT molecular complexity index is 497. The van der Waals surface area contributed by atoms with Gasteiger partial charge in [-0.2, -0.15) is 0 Å². The lowest BCUT2D eigenvalue weighted by Gasteiger charge is -2.13. The van der Waals surface area contributed by atoms with Crippen molar-refractivity contribution in [1.29, 1.82) is 0 Å². The topological polar surface area (TPSA) is 46.0 Å². The number of rotatable bonds is 2. The first-order chi connectivity index (χ1) is 7.68. The molecule has 1 N–H and O–H groups in total. The fourth-order valence-electron chi connectivity index (χ4n) is 1.68. The van der Waals surface area contributed by atoms with E-state index in [1.807, 2.05) is 32.0 Å². The molecule has 3 nitrogen and oxygen atoms in total. The third-order valence-electron chi connectivity index (χ3n) is 2.61. The number of hydrogen-bond donors (Lipinski definition) is 1. The molecule has 3 heteroatoms. The summed E-state index contributed by atoms with van der Waals surface area (Å²) in [6, 6.07) is 5.60. The third kappa shape index (κ3) is 2.09. The normalized spacial score (nSPS) is 12.4. The van der Waals surface area contributed by atoms with Crippen LogP contribution in [-0.2, 0) is 0 Å². The number of nitrogens with zero attached hydrogens (tertiary/aromatic N) is 2. The summed E-state index contributed by atoms with van der Waals surface area (Å²) in [5.74, 6) is 0. The van der Waals surface area contributed by atoms with Gasteiger partial charge >= 0.3 is 0 Å². The first kappa shape index (κ1) is 10.8. The molecule has 0 aliphatic carbocycles. The molecule has 82 valence electrons. The van der Waals surface area contributed by atoms with E-state index in [9.17, 15) is 5.11 Å². The van der Waals surface area contributed by atoms with Crippen molar-refractivity contribution < 1.29 is 5.11 Å². The number of pyridine rings is 2. The van der Waals surface area contributed by atoms with Crippen LogP contribution in [-0.4, -0.2) is 15.1 Å². The highest BCUT2D eigenvalue weighted by Gasteiger charge is 2.12. The number of aliphatic hydroxyl groups excluding tert-OH is 1. The molecule has 2 rings (SSSR count). The van der Waals surface area contributed by atoms with Gasteiger partial charge in [0.2, 0.25) is 0 Å². The molecule has 1 atom stereocenters. The molecular formula is C13H14N2O. The molecule has 0 saturated heterocycles. The van der Waals surface area contributed by atoms with Gasteiger partial charge < -0.3 is 5.11 Å². The molecule has 0 bridgehead atoms. The standard InChI is InChI=1S/C13H14N2O/c1-9-3-5-14-8-12(9)13(16)11-4-6-15-10(2)7-11/h3-8,13,16H,1-2H3. The van der Waals surface area contributed by atoms with E-state index in [4.69, 9.17) is 0 Å². The van der Waals surface area contributed by atoms with E-state index < -0.39 is 6.10 Å². The molecule has 0 fully saturated rings. The molecule has 2 aromatic heterocycles. The van der Waals surface area contributed by atoms with Crippen LogP contribution in [0.2, 0.25) is 0 Å². The monoisotopic (exact) mass is 214 g/mol. The molecule has 0 radical (unpaired) electrons. The van der Waals surface area contributed by atoms with Gasteiger partial charge in [0.1, 0.15) is 6.10 Å². The van der Waals surface area contributed by atoms with Crippen molar-refractivity contribution in [3.63, 3.8) is 0 Å². The van der Waals surface area contributed by atoms with Crippen molar-refractivity contribution in [1.82, 2.24) is 9.97 Å². The van der Waals surface area contributed by atoms with Crippen molar-refractivity contribution in [3.05, 3.63) is 59.2 Å².